The first-order chi connectivity index (χ1) is 8.40. The Labute approximate surface area is 107 Å². The van der Waals surface area contributed by atoms with E-state index < -0.39 is 23.8 Å². The molecule has 1 aromatic rings. The van der Waals surface area contributed by atoms with Crippen LogP contribution in [0.3, 0.4) is 0 Å². The quantitative estimate of drug-likeness (QED) is 0.878. The van der Waals surface area contributed by atoms with Crippen LogP contribution in [0.1, 0.15) is 37.9 Å². The molecule has 0 fully saturated rings. The summed E-state index contributed by atoms with van der Waals surface area (Å²) in [5, 5.41) is 0. The number of hydrogen-bond acceptors (Lipinski definition) is 2. The summed E-state index contributed by atoms with van der Waals surface area (Å²) < 4.78 is 33.3. The Morgan fingerprint density at radius 2 is 1.89 bits per heavy atom. The van der Waals surface area contributed by atoms with Crippen LogP contribution in [0.25, 0.3) is 0 Å². The normalized spacial score (nSPS) is 14.9. The van der Waals surface area contributed by atoms with Crippen LogP contribution in [0, 0.1) is 24.5 Å². The maximum atomic E-state index is 14.0. The first-order valence-corrected chi connectivity index (χ1v) is 6.21. The van der Waals surface area contributed by atoms with Crippen LogP contribution >= 0.6 is 0 Å². The monoisotopic (exact) mass is 257 g/mol. The van der Waals surface area contributed by atoms with E-state index in [0.29, 0.717) is 12.2 Å². The molecule has 0 aromatic heterocycles. The van der Waals surface area contributed by atoms with Crippen LogP contribution in [0.5, 0.6) is 0 Å². The average Bonchev–Trinajstić information content (AvgIpc) is 2.30. The SMILES string of the molecule is CCOC(C(C)C)C(N)c1c(F)ccc(C)c1F. The first-order valence-electron chi connectivity index (χ1n) is 6.21. The van der Waals surface area contributed by atoms with Gasteiger partial charge in [-0.15, -0.1) is 0 Å². The Morgan fingerprint density at radius 1 is 1.28 bits per heavy atom. The smallest absolute Gasteiger partial charge is 0.133 e. The van der Waals surface area contributed by atoms with Crippen molar-refractivity contribution in [3.05, 3.63) is 34.9 Å². The van der Waals surface area contributed by atoms with Crippen molar-refractivity contribution >= 4 is 0 Å². The van der Waals surface area contributed by atoms with Gasteiger partial charge in [0, 0.05) is 12.2 Å². The standard InChI is InChI=1S/C14H21F2NO/c1-5-18-14(8(2)3)13(17)11-10(15)7-6-9(4)12(11)16/h6-8,13-14H,5,17H2,1-4H3. The summed E-state index contributed by atoms with van der Waals surface area (Å²) in [6.45, 7) is 7.74. The van der Waals surface area contributed by atoms with Gasteiger partial charge in [-0.2, -0.15) is 0 Å². The number of benzene rings is 1. The molecule has 0 spiro atoms. The Kier molecular flexibility index (Phi) is 5.23. The van der Waals surface area contributed by atoms with Crippen LogP contribution in [0.4, 0.5) is 8.78 Å². The highest BCUT2D eigenvalue weighted by Gasteiger charge is 2.28. The molecule has 4 heteroatoms. The van der Waals surface area contributed by atoms with Crippen molar-refractivity contribution in [1.29, 1.82) is 0 Å². The van der Waals surface area contributed by atoms with Crippen LogP contribution in [0.2, 0.25) is 0 Å². The lowest BCUT2D eigenvalue weighted by Gasteiger charge is -2.28. The fraction of sp³-hybridized carbons (Fsp3) is 0.571. The second kappa shape index (κ2) is 6.25. The van der Waals surface area contributed by atoms with Crippen LogP contribution in [-0.2, 0) is 4.74 Å². The molecule has 1 rings (SSSR count). The molecule has 2 nitrogen and oxygen atoms in total. The Hall–Kier alpha value is -1.00. The van der Waals surface area contributed by atoms with E-state index in [1.54, 1.807) is 6.92 Å². The first kappa shape index (κ1) is 15.1. The summed E-state index contributed by atoms with van der Waals surface area (Å²) in [4.78, 5) is 0. The van der Waals surface area contributed by atoms with E-state index >= 15 is 0 Å². The molecule has 1 aromatic carbocycles. The second-order valence-electron chi connectivity index (χ2n) is 4.78. The topological polar surface area (TPSA) is 35.2 Å². The van der Waals surface area contributed by atoms with E-state index in [4.69, 9.17) is 10.5 Å². The van der Waals surface area contributed by atoms with Gasteiger partial charge >= 0.3 is 0 Å². The molecule has 0 heterocycles. The van der Waals surface area contributed by atoms with Gasteiger partial charge in [-0.3, -0.25) is 0 Å². The fourth-order valence-corrected chi connectivity index (χ4v) is 2.05. The van der Waals surface area contributed by atoms with Gasteiger partial charge in [0.05, 0.1) is 12.1 Å². The van der Waals surface area contributed by atoms with E-state index in [1.165, 1.54) is 12.1 Å². The highest BCUT2D eigenvalue weighted by Crippen LogP contribution is 2.28. The lowest BCUT2D eigenvalue weighted by atomic mass is 9.92. The fourth-order valence-electron chi connectivity index (χ4n) is 2.05. The summed E-state index contributed by atoms with van der Waals surface area (Å²) in [5.41, 5.74) is 6.30. The van der Waals surface area contributed by atoms with Crippen molar-refractivity contribution in [3.63, 3.8) is 0 Å². The molecule has 0 bridgehead atoms. The predicted molar refractivity (Wildman–Crippen MR) is 68.3 cm³/mol. The van der Waals surface area contributed by atoms with Gasteiger partial charge in [-0.05, 0) is 31.4 Å². The summed E-state index contributed by atoms with van der Waals surface area (Å²) >= 11 is 0. The minimum absolute atomic E-state index is 0.0813. The third-order valence-electron chi connectivity index (χ3n) is 3.02. The van der Waals surface area contributed by atoms with Gasteiger partial charge in [-0.25, -0.2) is 8.78 Å². The molecule has 0 aliphatic heterocycles. The molecule has 102 valence electrons. The molecule has 18 heavy (non-hydrogen) atoms. The van der Waals surface area contributed by atoms with Crippen LogP contribution < -0.4 is 5.73 Å². The van der Waals surface area contributed by atoms with E-state index in [-0.39, 0.29) is 11.5 Å². The lowest BCUT2D eigenvalue weighted by Crippen LogP contribution is -2.34. The maximum absolute atomic E-state index is 14.0. The number of halogens is 2. The third-order valence-corrected chi connectivity index (χ3v) is 3.02. The van der Waals surface area contributed by atoms with Crippen molar-refractivity contribution in [2.24, 2.45) is 11.7 Å². The van der Waals surface area contributed by atoms with E-state index in [1.807, 2.05) is 20.8 Å². The van der Waals surface area contributed by atoms with Crippen molar-refractivity contribution in [1.82, 2.24) is 0 Å². The summed E-state index contributed by atoms with van der Waals surface area (Å²) in [5.74, 6) is -1.11. The van der Waals surface area contributed by atoms with Crippen LogP contribution in [-0.4, -0.2) is 12.7 Å². The molecule has 0 aliphatic carbocycles. The molecule has 2 atom stereocenters. The highest BCUT2D eigenvalue weighted by atomic mass is 19.1. The van der Waals surface area contributed by atoms with Gasteiger partial charge in [0.2, 0.25) is 0 Å². The summed E-state index contributed by atoms with van der Waals surface area (Å²) in [7, 11) is 0. The van der Waals surface area contributed by atoms with E-state index in [2.05, 4.69) is 0 Å². The van der Waals surface area contributed by atoms with Gasteiger partial charge < -0.3 is 10.5 Å². The Bertz CT molecular complexity index is 407. The van der Waals surface area contributed by atoms with Crippen molar-refractivity contribution < 1.29 is 13.5 Å². The molecule has 0 saturated heterocycles. The minimum Gasteiger partial charge on any atom is -0.376 e. The zero-order chi connectivity index (χ0) is 13.9. The molecule has 0 saturated carbocycles. The molecular formula is C14H21F2NO. The molecule has 0 amide bonds. The minimum atomic E-state index is -0.801. The van der Waals surface area contributed by atoms with E-state index in [9.17, 15) is 8.78 Å². The molecule has 0 aliphatic rings. The van der Waals surface area contributed by atoms with Gasteiger partial charge in [-0.1, -0.05) is 19.9 Å². The Morgan fingerprint density at radius 3 is 2.39 bits per heavy atom. The molecular weight excluding hydrogens is 236 g/mol. The number of ether oxygens (including phenoxy) is 1. The predicted octanol–water partition coefficient (Wildman–Crippen LogP) is 3.33. The Balaban J connectivity index is 3.15. The molecule has 2 unspecified atom stereocenters. The van der Waals surface area contributed by atoms with Gasteiger partial charge in [0.1, 0.15) is 11.6 Å². The largest absolute Gasteiger partial charge is 0.376 e. The maximum Gasteiger partial charge on any atom is 0.133 e. The zero-order valence-corrected chi connectivity index (χ0v) is 11.3. The summed E-state index contributed by atoms with van der Waals surface area (Å²) in [6, 6.07) is 1.85. The summed E-state index contributed by atoms with van der Waals surface area (Å²) in [6.07, 6.45) is -0.402. The zero-order valence-electron chi connectivity index (χ0n) is 11.3. The number of rotatable bonds is 5. The van der Waals surface area contributed by atoms with Gasteiger partial charge in [0.15, 0.2) is 0 Å². The van der Waals surface area contributed by atoms with Crippen molar-refractivity contribution in [2.45, 2.75) is 39.8 Å². The second-order valence-corrected chi connectivity index (χ2v) is 4.78. The lowest BCUT2D eigenvalue weighted by molar-refractivity contribution is 0.0106. The molecule has 2 N–H and O–H groups in total. The van der Waals surface area contributed by atoms with Gasteiger partial charge in [0.25, 0.3) is 0 Å². The number of aryl methyl sites for hydroxylation is 1. The van der Waals surface area contributed by atoms with E-state index in [0.717, 1.165) is 0 Å². The number of nitrogens with two attached hydrogens (primary N) is 1. The highest BCUT2D eigenvalue weighted by molar-refractivity contribution is 5.29. The van der Waals surface area contributed by atoms with Crippen molar-refractivity contribution in [2.75, 3.05) is 6.61 Å². The third kappa shape index (κ3) is 3.06. The average molecular weight is 257 g/mol. The van der Waals surface area contributed by atoms with Crippen LogP contribution in [0.15, 0.2) is 12.1 Å². The molecule has 0 radical (unpaired) electrons. The number of hydrogen-bond donors (Lipinski definition) is 1. The van der Waals surface area contributed by atoms with Crippen molar-refractivity contribution in [3.8, 4) is 0 Å².